The lowest BCUT2D eigenvalue weighted by Crippen LogP contribution is -2.51. The molecule has 9 heteroatoms. The number of nitrogens with one attached hydrogen (secondary N) is 2. The molecule has 1 saturated heterocycles. The first-order valence-electron chi connectivity index (χ1n) is 23.7. The molecule has 0 bridgehead atoms. The van der Waals surface area contributed by atoms with Gasteiger partial charge in [0, 0.05) is 39.3 Å². The number of allylic oxidation sites excluding steroid dienone is 8. The molecule has 3 atom stereocenters. The quantitative estimate of drug-likeness (QED) is 0.0276. The fraction of sp³-hybridized carbons (Fsp3) is 0.776. The summed E-state index contributed by atoms with van der Waals surface area (Å²) in [7, 11) is 0. The third kappa shape index (κ3) is 31.2. The van der Waals surface area contributed by atoms with Crippen molar-refractivity contribution in [2.45, 2.75) is 187 Å². The van der Waals surface area contributed by atoms with Gasteiger partial charge in [-0.1, -0.05) is 133 Å². The maximum atomic E-state index is 13.2. The van der Waals surface area contributed by atoms with Gasteiger partial charge in [0.25, 0.3) is 0 Å². The van der Waals surface area contributed by atoms with Gasteiger partial charge in [0.15, 0.2) is 0 Å². The molecule has 2 amide bonds. The summed E-state index contributed by atoms with van der Waals surface area (Å²) in [5, 5.41) is 24.7. The summed E-state index contributed by atoms with van der Waals surface area (Å²) in [6.07, 6.45) is 45.7. The average Bonchev–Trinajstić information content (AvgIpc) is 3.58. The highest BCUT2D eigenvalue weighted by Gasteiger charge is 2.33. The van der Waals surface area contributed by atoms with E-state index in [1.54, 1.807) is 0 Å². The Morgan fingerprint density at radius 3 is 1.53 bits per heavy atom. The van der Waals surface area contributed by atoms with Gasteiger partial charge in [0.1, 0.15) is 6.04 Å². The van der Waals surface area contributed by atoms with E-state index < -0.39 is 12.0 Å². The maximum Gasteiger partial charge on any atom is 0.330 e. The van der Waals surface area contributed by atoms with Crippen molar-refractivity contribution in [2.24, 2.45) is 11.8 Å². The van der Waals surface area contributed by atoms with Crippen LogP contribution in [0.3, 0.4) is 0 Å². The summed E-state index contributed by atoms with van der Waals surface area (Å²) in [6, 6.07) is -0.963. The van der Waals surface area contributed by atoms with Crippen LogP contribution in [0.5, 0.6) is 0 Å². The van der Waals surface area contributed by atoms with Crippen LogP contribution >= 0.6 is 0 Å². The predicted octanol–water partition coefficient (Wildman–Crippen LogP) is 10.1. The lowest BCUT2D eigenvalue weighted by atomic mass is 9.91. The van der Waals surface area contributed by atoms with Crippen LogP contribution in [0.4, 0.5) is 0 Å². The topological polar surface area (TPSA) is 128 Å². The van der Waals surface area contributed by atoms with Crippen LogP contribution in [0, 0.1) is 11.8 Å². The number of amides is 2. The van der Waals surface area contributed by atoms with E-state index >= 15 is 0 Å². The van der Waals surface area contributed by atoms with Gasteiger partial charge in [-0.2, -0.15) is 0 Å². The van der Waals surface area contributed by atoms with E-state index in [1.807, 2.05) is 4.90 Å². The molecule has 1 unspecified atom stereocenters. The number of hydrogen-bond donors (Lipinski definition) is 4. The van der Waals surface area contributed by atoms with Crippen LogP contribution in [0.15, 0.2) is 48.6 Å². The van der Waals surface area contributed by atoms with Crippen molar-refractivity contribution in [1.29, 1.82) is 0 Å². The van der Waals surface area contributed by atoms with Crippen LogP contribution in [0.2, 0.25) is 0 Å². The summed E-state index contributed by atoms with van der Waals surface area (Å²) in [5.74, 6) is -0.514. The van der Waals surface area contributed by atoms with Gasteiger partial charge < -0.3 is 25.6 Å². The van der Waals surface area contributed by atoms with Crippen LogP contribution < -0.4 is 10.6 Å². The molecule has 0 aromatic rings. The molecule has 1 heterocycles. The molecule has 4 N–H and O–H groups in total. The van der Waals surface area contributed by atoms with E-state index in [1.165, 1.54) is 64.2 Å². The van der Waals surface area contributed by atoms with Gasteiger partial charge in [-0.15, -0.1) is 0 Å². The van der Waals surface area contributed by atoms with E-state index in [2.05, 4.69) is 73.1 Å². The van der Waals surface area contributed by atoms with Crippen molar-refractivity contribution in [3.63, 3.8) is 0 Å². The maximum absolute atomic E-state index is 13.2. The molecule has 1 fully saturated rings. The number of aliphatic hydroxyl groups is 2. The van der Waals surface area contributed by atoms with E-state index in [-0.39, 0.29) is 56.6 Å². The first-order chi connectivity index (χ1) is 28.4. The molecule has 58 heavy (non-hydrogen) atoms. The molecule has 334 valence electrons. The van der Waals surface area contributed by atoms with E-state index in [9.17, 15) is 24.6 Å². The molecule has 0 saturated carbocycles. The van der Waals surface area contributed by atoms with Gasteiger partial charge in [0.05, 0.1) is 13.2 Å². The van der Waals surface area contributed by atoms with Crippen molar-refractivity contribution in [3.05, 3.63) is 48.6 Å². The molecule has 0 aromatic carbocycles. The van der Waals surface area contributed by atoms with Gasteiger partial charge in [0.2, 0.25) is 11.8 Å². The molecule has 0 spiro atoms. The first kappa shape index (κ1) is 53.3. The lowest BCUT2D eigenvalue weighted by Gasteiger charge is -2.21. The molecule has 1 aliphatic rings. The number of carbonyl (C=O) groups excluding carboxylic acids is 3. The predicted molar refractivity (Wildman–Crippen MR) is 241 cm³/mol. The van der Waals surface area contributed by atoms with Gasteiger partial charge >= 0.3 is 5.97 Å². The van der Waals surface area contributed by atoms with Crippen LogP contribution in [-0.4, -0.2) is 84.9 Å². The minimum atomic E-state index is -0.963. The number of rotatable bonds is 39. The van der Waals surface area contributed by atoms with Crippen LogP contribution in [-0.2, 0) is 19.1 Å². The summed E-state index contributed by atoms with van der Waals surface area (Å²) in [5.41, 5.74) is 0. The molecule has 0 aliphatic carbocycles. The number of ether oxygens (including phenoxy) is 1. The smallest absolute Gasteiger partial charge is 0.330 e. The SMILES string of the molecule is CCCCC/C=C\C/C=C\CCCCCCCCOC(=O)C(CNC(=O)CCCCCCC/C=C\C/C=C\CCCCC)NC(=O)CN1C[C@@H](CCO)[C@@H](CCO)C1. The molecule has 0 radical (unpaired) electrons. The molecular formula is C49H87N3O6. The molecule has 1 aliphatic heterocycles. The third-order valence-electron chi connectivity index (χ3n) is 11.1. The summed E-state index contributed by atoms with van der Waals surface area (Å²) < 4.78 is 5.62. The number of nitrogens with zero attached hydrogens (tertiary/aromatic N) is 1. The Morgan fingerprint density at radius 2 is 1.05 bits per heavy atom. The third-order valence-corrected chi connectivity index (χ3v) is 11.1. The average molecular weight is 814 g/mol. The van der Waals surface area contributed by atoms with Crippen molar-refractivity contribution in [1.82, 2.24) is 15.5 Å². The molecule has 1 rings (SSSR count). The van der Waals surface area contributed by atoms with Gasteiger partial charge in [-0.25, -0.2) is 4.79 Å². The number of aliphatic hydroxyl groups excluding tert-OH is 2. The zero-order valence-electron chi connectivity index (χ0n) is 37.2. The van der Waals surface area contributed by atoms with E-state index in [4.69, 9.17) is 4.74 Å². The zero-order valence-corrected chi connectivity index (χ0v) is 37.2. The fourth-order valence-electron chi connectivity index (χ4n) is 7.55. The Bertz CT molecular complexity index is 1110. The minimum Gasteiger partial charge on any atom is -0.464 e. The number of carbonyl (C=O) groups is 3. The monoisotopic (exact) mass is 814 g/mol. The lowest BCUT2D eigenvalue weighted by molar-refractivity contribution is -0.148. The Labute approximate surface area is 355 Å². The van der Waals surface area contributed by atoms with Gasteiger partial charge in [-0.3, -0.25) is 14.5 Å². The Hall–Kier alpha value is -2.75. The van der Waals surface area contributed by atoms with Crippen molar-refractivity contribution in [2.75, 3.05) is 46.0 Å². The second-order valence-electron chi connectivity index (χ2n) is 16.4. The zero-order chi connectivity index (χ0) is 42.2. The Kier molecular flexibility index (Phi) is 36.5. The fourth-order valence-corrected chi connectivity index (χ4v) is 7.55. The highest BCUT2D eigenvalue weighted by molar-refractivity contribution is 5.86. The minimum absolute atomic E-state index is 0.00631. The number of hydrogen-bond acceptors (Lipinski definition) is 7. The van der Waals surface area contributed by atoms with E-state index in [0.717, 1.165) is 83.5 Å². The van der Waals surface area contributed by atoms with Crippen LogP contribution in [0.25, 0.3) is 0 Å². The summed E-state index contributed by atoms with van der Waals surface area (Å²) in [4.78, 5) is 41.1. The summed E-state index contributed by atoms with van der Waals surface area (Å²) >= 11 is 0. The second-order valence-corrected chi connectivity index (χ2v) is 16.4. The largest absolute Gasteiger partial charge is 0.464 e. The van der Waals surface area contributed by atoms with Crippen molar-refractivity contribution >= 4 is 17.8 Å². The Balaban J connectivity index is 2.40. The molecule has 9 nitrogen and oxygen atoms in total. The first-order valence-corrected chi connectivity index (χ1v) is 23.7. The highest BCUT2D eigenvalue weighted by atomic mass is 16.5. The normalized spacial score (nSPS) is 16.7. The van der Waals surface area contributed by atoms with Crippen molar-refractivity contribution < 1.29 is 29.3 Å². The number of unbranched alkanes of at least 4 members (excludes halogenated alkanes) is 17. The second kappa shape index (κ2) is 39.7. The molecular weight excluding hydrogens is 727 g/mol. The standard InChI is InChI=1S/C49H87N3O6/c1-3-5-7-9-11-13-15-17-19-21-23-25-27-29-31-33-39-58-49(57)46(51-48(56)43-52-41-44(35-37-53)45(42-52)36-38-54)40-50-47(55)34-32-30-28-26-24-22-20-18-16-14-12-10-8-6-4-2/h11-14,17-20,44-46,53-54H,3-10,15-16,21-43H2,1-2H3,(H,50,55)(H,51,56)/b13-11-,14-12-,19-17-,20-18-/t44-,45+,46?. The van der Waals surface area contributed by atoms with Gasteiger partial charge in [-0.05, 0) is 102 Å². The number of likely N-dealkylation sites (tertiary alicyclic amines) is 1. The number of esters is 1. The van der Waals surface area contributed by atoms with Crippen LogP contribution in [0.1, 0.15) is 181 Å². The molecule has 0 aromatic heterocycles. The highest BCUT2D eigenvalue weighted by Crippen LogP contribution is 2.28. The Morgan fingerprint density at radius 1 is 0.603 bits per heavy atom. The summed E-state index contributed by atoms with van der Waals surface area (Å²) in [6.45, 7) is 6.32. The van der Waals surface area contributed by atoms with E-state index in [0.29, 0.717) is 32.4 Å². The van der Waals surface area contributed by atoms with Crippen molar-refractivity contribution in [3.8, 4) is 0 Å².